The molecule has 0 aliphatic carbocycles. The number of carbonyl (C=O) groups excluding carboxylic acids is 1. The van der Waals surface area contributed by atoms with E-state index in [0.29, 0.717) is 30.2 Å². The summed E-state index contributed by atoms with van der Waals surface area (Å²) in [4.78, 5) is 15.1. The predicted octanol–water partition coefficient (Wildman–Crippen LogP) is 3.50. The Balaban J connectivity index is 1.37. The molecule has 0 bridgehead atoms. The summed E-state index contributed by atoms with van der Waals surface area (Å²) >= 11 is 1.64. The highest BCUT2D eigenvalue weighted by Crippen LogP contribution is 2.32. The van der Waals surface area contributed by atoms with Crippen LogP contribution in [-0.4, -0.2) is 56.1 Å². The lowest BCUT2D eigenvalue weighted by Gasteiger charge is -2.30. The monoisotopic (exact) mass is 490 g/mol. The summed E-state index contributed by atoms with van der Waals surface area (Å²) in [6.07, 6.45) is 0.861. The summed E-state index contributed by atoms with van der Waals surface area (Å²) in [7, 11) is -0.748. The van der Waals surface area contributed by atoms with Gasteiger partial charge in [0.15, 0.2) is 17.3 Å². The van der Waals surface area contributed by atoms with E-state index in [9.17, 15) is 13.2 Å². The Hall–Kier alpha value is -2.89. The molecule has 9 nitrogen and oxygen atoms in total. The summed E-state index contributed by atoms with van der Waals surface area (Å²) in [5, 5.41) is 9.97. The molecule has 1 aliphatic heterocycles. The van der Waals surface area contributed by atoms with Crippen LogP contribution in [-0.2, 0) is 14.8 Å². The number of nitrogens with zero attached hydrogens (tertiary/aromatic N) is 2. The van der Waals surface area contributed by atoms with Crippen LogP contribution in [0.3, 0.4) is 0 Å². The van der Waals surface area contributed by atoms with Crippen molar-refractivity contribution in [3.8, 4) is 22.1 Å². The molecule has 0 saturated carbocycles. The third-order valence-corrected chi connectivity index (χ3v) is 8.58. The van der Waals surface area contributed by atoms with Crippen LogP contribution < -0.4 is 14.8 Å². The zero-order valence-corrected chi connectivity index (χ0v) is 20.3. The molecule has 11 heteroatoms. The third-order valence-electron chi connectivity index (χ3n) is 5.65. The average molecular weight is 491 g/mol. The molecule has 33 heavy (non-hydrogen) atoms. The van der Waals surface area contributed by atoms with Crippen LogP contribution in [0.5, 0.6) is 11.5 Å². The number of benzene rings is 1. The summed E-state index contributed by atoms with van der Waals surface area (Å²) in [6.45, 7) is 2.55. The van der Waals surface area contributed by atoms with E-state index in [1.54, 1.807) is 23.5 Å². The van der Waals surface area contributed by atoms with Crippen LogP contribution in [0.25, 0.3) is 10.6 Å². The largest absolute Gasteiger partial charge is 0.493 e. The number of hydrogen-bond donors (Lipinski definition) is 2. The van der Waals surface area contributed by atoms with Gasteiger partial charge in [-0.05, 0) is 44.0 Å². The zero-order valence-electron chi connectivity index (χ0n) is 18.6. The third kappa shape index (κ3) is 4.90. The normalized spacial score (nSPS) is 15.4. The van der Waals surface area contributed by atoms with Crippen molar-refractivity contribution in [1.29, 1.82) is 0 Å². The number of aryl methyl sites for hydroxylation is 1. The fraction of sp³-hybridized carbons (Fsp3) is 0.364. The van der Waals surface area contributed by atoms with Gasteiger partial charge < -0.3 is 14.8 Å². The van der Waals surface area contributed by atoms with E-state index in [4.69, 9.17) is 9.47 Å². The Bertz CT molecular complexity index is 1240. The standard InChI is InChI=1S/C22H26N4O5S2/c1-14-4-7-20(32-14)17-13-21(25-24-17)23-22(27)15-8-10-26(11-9-15)33(28,29)16-5-6-18(30-2)19(12-16)31-3/h4-7,12-13,15H,8-11H2,1-3H3,(H2,23,24,25,27). The van der Waals surface area contributed by atoms with Gasteiger partial charge in [0.25, 0.3) is 0 Å². The van der Waals surface area contributed by atoms with Crippen molar-refractivity contribution >= 4 is 33.1 Å². The predicted molar refractivity (Wildman–Crippen MR) is 126 cm³/mol. The second-order valence-electron chi connectivity index (χ2n) is 7.76. The highest BCUT2D eigenvalue weighted by Gasteiger charge is 2.33. The average Bonchev–Trinajstić information content (AvgIpc) is 3.47. The number of nitrogens with one attached hydrogen (secondary N) is 2. The van der Waals surface area contributed by atoms with Gasteiger partial charge in [-0.3, -0.25) is 9.89 Å². The molecule has 176 valence electrons. The zero-order chi connectivity index (χ0) is 23.6. The number of aromatic nitrogens is 2. The molecule has 0 spiro atoms. The van der Waals surface area contributed by atoms with Crippen LogP contribution in [0.15, 0.2) is 41.3 Å². The number of sulfonamides is 1. The lowest BCUT2D eigenvalue weighted by Crippen LogP contribution is -2.41. The first kappa shape index (κ1) is 23.3. The smallest absolute Gasteiger partial charge is 0.243 e. The molecule has 1 fully saturated rings. The van der Waals surface area contributed by atoms with Gasteiger partial charge >= 0.3 is 0 Å². The van der Waals surface area contributed by atoms with Gasteiger partial charge in [0, 0.05) is 36.0 Å². The number of carbonyl (C=O) groups is 1. The van der Waals surface area contributed by atoms with Crippen LogP contribution in [0, 0.1) is 12.8 Å². The molecule has 2 aromatic heterocycles. The number of methoxy groups -OCH3 is 2. The second-order valence-corrected chi connectivity index (χ2v) is 11.0. The van der Waals surface area contributed by atoms with E-state index in [2.05, 4.69) is 15.5 Å². The summed E-state index contributed by atoms with van der Waals surface area (Å²) < 4.78 is 38.0. The number of piperidine rings is 1. The van der Waals surface area contributed by atoms with Gasteiger partial charge in [-0.2, -0.15) is 9.40 Å². The highest BCUT2D eigenvalue weighted by atomic mass is 32.2. The molecule has 3 heterocycles. The first-order chi connectivity index (χ1) is 15.8. The van der Waals surface area contributed by atoms with Gasteiger partial charge in [0.1, 0.15) is 0 Å². The molecule has 2 N–H and O–H groups in total. The van der Waals surface area contributed by atoms with Crippen molar-refractivity contribution in [2.24, 2.45) is 5.92 Å². The minimum atomic E-state index is -3.70. The summed E-state index contributed by atoms with van der Waals surface area (Å²) in [5.41, 5.74) is 0.847. The Morgan fingerprint density at radius 2 is 1.85 bits per heavy atom. The molecule has 1 aromatic carbocycles. The molecular formula is C22H26N4O5S2. The maximum atomic E-state index is 13.1. The van der Waals surface area contributed by atoms with E-state index >= 15 is 0 Å². The van der Waals surface area contributed by atoms with E-state index in [1.165, 1.54) is 35.5 Å². The number of rotatable bonds is 7. The Morgan fingerprint density at radius 1 is 1.12 bits per heavy atom. The van der Waals surface area contributed by atoms with Crippen molar-refractivity contribution in [2.75, 3.05) is 32.6 Å². The van der Waals surface area contributed by atoms with E-state index in [1.807, 2.05) is 19.1 Å². The van der Waals surface area contributed by atoms with Gasteiger partial charge in [0.05, 0.1) is 29.7 Å². The van der Waals surface area contributed by atoms with Crippen molar-refractivity contribution in [3.63, 3.8) is 0 Å². The van der Waals surface area contributed by atoms with Crippen LogP contribution in [0.2, 0.25) is 0 Å². The molecule has 0 atom stereocenters. The van der Waals surface area contributed by atoms with Gasteiger partial charge in [-0.25, -0.2) is 8.42 Å². The molecule has 3 aromatic rings. The maximum Gasteiger partial charge on any atom is 0.243 e. The van der Waals surface area contributed by atoms with Gasteiger partial charge in [-0.15, -0.1) is 11.3 Å². The SMILES string of the molecule is COc1ccc(S(=O)(=O)N2CCC(C(=O)Nc3cc(-c4ccc(C)s4)[nH]n3)CC2)cc1OC. The molecular weight excluding hydrogens is 464 g/mol. The van der Waals surface area contributed by atoms with Gasteiger partial charge in [-0.1, -0.05) is 0 Å². The van der Waals surface area contributed by atoms with Crippen LogP contribution in [0.1, 0.15) is 17.7 Å². The molecule has 1 saturated heterocycles. The minimum absolute atomic E-state index is 0.135. The number of thiophene rings is 1. The van der Waals surface area contributed by atoms with Crippen molar-refractivity contribution in [2.45, 2.75) is 24.7 Å². The van der Waals surface area contributed by atoms with Crippen molar-refractivity contribution < 1.29 is 22.7 Å². The quantitative estimate of drug-likeness (QED) is 0.524. The van der Waals surface area contributed by atoms with Crippen LogP contribution in [0.4, 0.5) is 5.82 Å². The number of amides is 1. The summed E-state index contributed by atoms with van der Waals surface area (Å²) in [6, 6.07) is 10.4. The lowest BCUT2D eigenvalue weighted by molar-refractivity contribution is -0.120. The van der Waals surface area contributed by atoms with Crippen LogP contribution >= 0.6 is 11.3 Å². The van der Waals surface area contributed by atoms with Crippen molar-refractivity contribution in [1.82, 2.24) is 14.5 Å². The maximum absolute atomic E-state index is 13.1. The molecule has 4 rings (SSSR count). The topological polar surface area (TPSA) is 114 Å². The second kappa shape index (κ2) is 9.54. The number of hydrogen-bond acceptors (Lipinski definition) is 7. The Morgan fingerprint density at radius 3 is 2.48 bits per heavy atom. The molecule has 0 unspecified atom stereocenters. The van der Waals surface area contributed by atoms with Gasteiger partial charge in [0.2, 0.25) is 15.9 Å². The number of H-pyrrole nitrogens is 1. The lowest BCUT2D eigenvalue weighted by atomic mass is 9.97. The molecule has 1 aliphatic rings. The van der Waals surface area contributed by atoms with E-state index in [0.717, 1.165) is 10.6 Å². The van der Waals surface area contributed by atoms with Crippen molar-refractivity contribution in [3.05, 3.63) is 41.3 Å². The highest BCUT2D eigenvalue weighted by molar-refractivity contribution is 7.89. The fourth-order valence-electron chi connectivity index (χ4n) is 3.80. The van der Waals surface area contributed by atoms with E-state index < -0.39 is 10.0 Å². The summed E-state index contributed by atoms with van der Waals surface area (Å²) in [5.74, 6) is 0.831. The first-order valence-electron chi connectivity index (χ1n) is 10.5. The minimum Gasteiger partial charge on any atom is -0.493 e. The molecule has 1 amide bonds. The number of ether oxygens (including phenoxy) is 2. The Kier molecular flexibility index (Phi) is 6.73. The number of aromatic amines is 1. The molecule has 0 radical (unpaired) electrons. The van der Waals surface area contributed by atoms with E-state index in [-0.39, 0.29) is 29.8 Å². The fourth-order valence-corrected chi connectivity index (χ4v) is 6.12. The first-order valence-corrected chi connectivity index (χ1v) is 12.7. The Labute approximate surface area is 196 Å². The number of anilines is 1.